The third-order valence-electron chi connectivity index (χ3n) is 2.93. The molecule has 0 saturated heterocycles. The van der Waals surface area contributed by atoms with E-state index in [4.69, 9.17) is 4.74 Å². The van der Waals surface area contributed by atoms with Crippen LogP contribution in [0.2, 0.25) is 0 Å². The molecule has 1 aromatic carbocycles. The highest BCUT2D eigenvalue weighted by Crippen LogP contribution is 2.17. The number of benzene rings is 1. The molecule has 1 heterocycles. The molecule has 0 unspecified atom stereocenters. The smallest absolute Gasteiger partial charge is 0.407 e. The second-order valence-electron chi connectivity index (χ2n) is 6.03. The van der Waals surface area contributed by atoms with E-state index in [0.29, 0.717) is 12.1 Å². The van der Waals surface area contributed by atoms with Crippen LogP contribution in [0.1, 0.15) is 26.5 Å². The van der Waals surface area contributed by atoms with Crippen LogP contribution >= 0.6 is 0 Å². The third-order valence-corrected chi connectivity index (χ3v) is 2.93. The first-order chi connectivity index (χ1) is 10.8. The normalized spacial score (nSPS) is 11.3. The van der Waals surface area contributed by atoms with Crippen LogP contribution in [0.25, 0.3) is 5.69 Å². The number of carbonyl (C=O) groups excluding carboxylic acids is 1. The summed E-state index contributed by atoms with van der Waals surface area (Å²) in [6.45, 7) is 5.61. The Bertz CT molecular complexity index is 693. The maximum absolute atomic E-state index is 13.8. The van der Waals surface area contributed by atoms with E-state index in [2.05, 4.69) is 10.3 Å². The zero-order valence-corrected chi connectivity index (χ0v) is 13.3. The van der Waals surface area contributed by atoms with E-state index in [9.17, 15) is 13.6 Å². The predicted octanol–water partition coefficient (Wildman–Crippen LogP) is 3.22. The molecular formula is C16H19F2N3O2. The molecule has 0 aliphatic rings. The van der Waals surface area contributed by atoms with Gasteiger partial charge in [0.05, 0.1) is 12.0 Å². The van der Waals surface area contributed by atoms with E-state index in [1.54, 1.807) is 27.0 Å². The Balaban J connectivity index is 2.02. The van der Waals surface area contributed by atoms with Crippen LogP contribution in [0.5, 0.6) is 0 Å². The number of ether oxygens (including phenoxy) is 1. The fraction of sp³-hybridized carbons (Fsp3) is 0.375. The molecule has 0 saturated carbocycles. The van der Waals surface area contributed by atoms with Gasteiger partial charge in [0, 0.05) is 30.9 Å². The Labute approximate surface area is 133 Å². The van der Waals surface area contributed by atoms with Crippen LogP contribution in [0.4, 0.5) is 13.6 Å². The molecule has 2 aromatic rings. The van der Waals surface area contributed by atoms with E-state index in [-0.39, 0.29) is 12.2 Å². The predicted molar refractivity (Wildman–Crippen MR) is 81.4 cm³/mol. The van der Waals surface area contributed by atoms with Crippen LogP contribution in [-0.2, 0) is 11.2 Å². The molecule has 0 aliphatic carbocycles. The van der Waals surface area contributed by atoms with Gasteiger partial charge in [-0.15, -0.1) is 0 Å². The maximum Gasteiger partial charge on any atom is 0.407 e. The van der Waals surface area contributed by atoms with Crippen molar-refractivity contribution in [2.24, 2.45) is 0 Å². The van der Waals surface area contributed by atoms with Crippen molar-refractivity contribution >= 4 is 6.09 Å². The molecule has 23 heavy (non-hydrogen) atoms. The van der Waals surface area contributed by atoms with Gasteiger partial charge in [0.2, 0.25) is 0 Å². The minimum atomic E-state index is -0.573. The summed E-state index contributed by atoms with van der Waals surface area (Å²) in [5.41, 5.74) is 0.150. The average molecular weight is 323 g/mol. The van der Waals surface area contributed by atoms with Crippen molar-refractivity contribution in [3.05, 3.63) is 48.1 Å². The zero-order valence-electron chi connectivity index (χ0n) is 13.3. The molecule has 0 aliphatic heterocycles. The number of hydrogen-bond donors (Lipinski definition) is 1. The topological polar surface area (TPSA) is 56.1 Å². The van der Waals surface area contributed by atoms with Crippen LogP contribution in [0.15, 0.2) is 30.7 Å². The summed E-state index contributed by atoms with van der Waals surface area (Å²) in [6, 6.07) is 3.22. The van der Waals surface area contributed by atoms with Crippen molar-refractivity contribution in [2.75, 3.05) is 6.54 Å². The Morgan fingerprint density at radius 3 is 2.78 bits per heavy atom. The fourth-order valence-corrected chi connectivity index (χ4v) is 2.00. The summed E-state index contributed by atoms with van der Waals surface area (Å²) >= 11 is 0. The van der Waals surface area contributed by atoms with Crippen LogP contribution in [0, 0.1) is 11.6 Å². The monoisotopic (exact) mass is 323 g/mol. The van der Waals surface area contributed by atoms with Gasteiger partial charge in [-0.3, -0.25) is 0 Å². The number of hydrogen-bond acceptors (Lipinski definition) is 3. The van der Waals surface area contributed by atoms with E-state index in [1.807, 2.05) is 0 Å². The summed E-state index contributed by atoms with van der Waals surface area (Å²) in [5.74, 6) is -1.08. The third kappa shape index (κ3) is 4.77. The number of halogens is 2. The molecule has 0 fully saturated rings. The van der Waals surface area contributed by atoms with Crippen LogP contribution in [0.3, 0.4) is 0 Å². The van der Waals surface area contributed by atoms with Gasteiger partial charge in [-0.2, -0.15) is 0 Å². The lowest BCUT2D eigenvalue weighted by Gasteiger charge is -2.19. The van der Waals surface area contributed by atoms with E-state index >= 15 is 0 Å². The highest BCUT2D eigenvalue weighted by molar-refractivity contribution is 5.67. The molecule has 5 nitrogen and oxygen atoms in total. The Morgan fingerprint density at radius 2 is 2.09 bits per heavy atom. The molecule has 0 spiro atoms. The molecule has 7 heteroatoms. The molecule has 124 valence electrons. The van der Waals surface area contributed by atoms with Crippen LogP contribution < -0.4 is 5.32 Å². The molecule has 0 atom stereocenters. The Hall–Kier alpha value is -2.44. The number of amides is 1. The molecule has 2 rings (SSSR count). The van der Waals surface area contributed by atoms with E-state index in [1.165, 1.54) is 10.9 Å². The number of nitrogens with one attached hydrogen (secondary N) is 1. The van der Waals surface area contributed by atoms with Crippen LogP contribution in [-0.4, -0.2) is 27.8 Å². The lowest BCUT2D eigenvalue weighted by Crippen LogP contribution is -2.33. The van der Waals surface area contributed by atoms with Crippen molar-refractivity contribution in [1.29, 1.82) is 0 Å². The van der Waals surface area contributed by atoms with Crippen molar-refractivity contribution in [1.82, 2.24) is 14.9 Å². The van der Waals surface area contributed by atoms with Gasteiger partial charge >= 0.3 is 6.09 Å². The Morgan fingerprint density at radius 1 is 1.35 bits per heavy atom. The lowest BCUT2D eigenvalue weighted by atomic mass is 10.2. The van der Waals surface area contributed by atoms with E-state index in [0.717, 1.165) is 18.2 Å². The number of alkyl carbamates (subject to hydrolysis) is 1. The van der Waals surface area contributed by atoms with Gasteiger partial charge in [-0.1, -0.05) is 0 Å². The number of nitrogens with zero attached hydrogens (tertiary/aromatic N) is 2. The van der Waals surface area contributed by atoms with Gasteiger partial charge in [-0.25, -0.2) is 18.6 Å². The second-order valence-corrected chi connectivity index (χ2v) is 6.03. The summed E-state index contributed by atoms with van der Waals surface area (Å²) < 4.78 is 33.7. The highest BCUT2D eigenvalue weighted by atomic mass is 19.1. The lowest BCUT2D eigenvalue weighted by molar-refractivity contribution is 0.0528. The number of carbonyl (C=O) groups is 1. The summed E-state index contributed by atoms with van der Waals surface area (Å²) in [7, 11) is 0. The minimum Gasteiger partial charge on any atom is -0.444 e. The fourth-order valence-electron chi connectivity index (χ4n) is 2.00. The summed E-state index contributed by atoms with van der Waals surface area (Å²) in [5, 5.41) is 2.61. The van der Waals surface area contributed by atoms with Gasteiger partial charge in [-0.05, 0) is 32.9 Å². The maximum atomic E-state index is 13.8. The van der Waals surface area contributed by atoms with Crippen molar-refractivity contribution in [2.45, 2.75) is 32.8 Å². The van der Waals surface area contributed by atoms with Gasteiger partial charge in [0.25, 0.3) is 0 Å². The highest BCUT2D eigenvalue weighted by Gasteiger charge is 2.16. The zero-order chi connectivity index (χ0) is 17.0. The van der Waals surface area contributed by atoms with Crippen molar-refractivity contribution in [3.8, 4) is 5.69 Å². The van der Waals surface area contributed by atoms with Crippen molar-refractivity contribution < 1.29 is 18.3 Å². The molecular weight excluding hydrogens is 304 g/mol. The molecule has 1 aromatic heterocycles. The first-order valence-electron chi connectivity index (χ1n) is 7.20. The molecule has 0 radical (unpaired) electrons. The first kappa shape index (κ1) is 16.9. The first-order valence-corrected chi connectivity index (χ1v) is 7.20. The van der Waals surface area contributed by atoms with E-state index < -0.39 is 23.3 Å². The number of imidazole rings is 1. The quantitative estimate of drug-likeness (QED) is 0.940. The standard InChI is InChI=1S/C16H19F2N3O2/c1-16(2,3)23-15(22)20-7-6-12-9-19-10-21(12)14-8-11(17)4-5-13(14)18/h4-5,8-10H,6-7H2,1-3H3,(H,20,22). The number of aromatic nitrogens is 2. The van der Waals surface area contributed by atoms with Crippen molar-refractivity contribution in [3.63, 3.8) is 0 Å². The summed E-state index contributed by atoms with van der Waals surface area (Å²) in [4.78, 5) is 15.5. The van der Waals surface area contributed by atoms with Gasteiger partial charge in [0.15, 0.2) is 0 Å². The molecule has 1 amide bonds. The second kappa shape index (κ2) is 6.76. The number of rotatable bonds is 4. The SMILES string of the molecule is CC(C)(C)OC(=O)NCCc1cncn1-c1cc(F)ccc1F. The minimum absolute atomic E-state index is 0.0785. The summed E-state index contributed by atoms with van der Waals surface area (Å²) in [6.07, 6.45) is 2.82. The Kier molecular flexibility index (Phi) is 4.98. The largest absolute Gasteiger partial charge is 0.444 e. The van der Waals surface area contributed by atoms with Gasteiger partial charge in [0.1, 0.15) is 17.2 Å². The molecule has 1 N–H and O–H groups in total. The molecule has 0 bridgehead atoms. The average Bonchev–Trinajstić information content (AvgIpc) is 2.88. The van der Waals surface area contributed by atoms with Gasteiger partial charge < -0.3 is 14.6 Å².